The number of halogens is 6. The van der Waals surface area contributed by atoms with E-state index in [1.807, 2.05) is 24.3 Å². The molecule has 0 spiro atoms. The summed E-state index contributed by atoms with van der Waals surface area (Å²) in [5.74, 6) is 0.901. The Labute approximate surface area is 271 Å². The molecule has 6 N–H and O–H groups in total. The van der Waals surface area contributed by atoms with Gasteiger partial charge in [-0.1, -0.05) is 58.2 Å². The first-order valence-corrected chi connectivity index (χ1v) is 14.1. The van der Waals surface area contributed by atoms with Crippen molar-refractivity contribution >= 4 is 35.2 Å². The zero-order valence-corrected chi connectivity index (χ0v) is 26.9. The van der Waals surface area contributed by atoms with Gasteiger partial charge in [-0.2, -0.15) is 36.3 Å². The predicted octanol–water partition coefficient (Wildman–Crippen LogP) is 9.51. The van der Waals surface area contributed by atoms with Gasteiger partial charge in [-0.25, -0.2) is 0 Å². The Morgan fingerprint density at radius 3 is 1.96 bits per heavy atom. The number of aliphatic imine (C=N–C) groups is 1. The van der Waals surface area contributed by atoms with E-state index in [1.165, 1.54) is 31.0 Å². The quantitative estimate of drug-likeness (QED) is 0.0636. The molecule has 3 aromatic rings. The summed E-state index contributed by atoms with van der Waals surface area (Å²) in [6.07, 6.45) is -2.99. The zero-order valence-electron chi connectivity index (χ0n) is 26.9. The molecule has 8 nitrogen and oxygen atoms in total. The van der Waals surface area contributed by atoms with Crippen molar-refractivity contribution in [1.82, 2.24) is 9.97 Å². The van der Waals surface area contributed by atoms with Crippen LogP contribution in [0.15, 0.2) is 103 Å². The van der Waals surface area contributed by atoms with Gasteiger partial charge in [0.1, 0.15) is 11.6 Å². The van der Waals surface area contributed by atoms with Crippen LogP contribution < -0.4 is 27.0 Å². The molecule has 3 rings (SSSR count). The Morgan fingerprint density at radius 2 is 1.49 bits per heavy atom. The molecule has 0 bridgehead atoms. The molecular formula is C33H40F6N8. The summed E-state index contributed by atoms with van der Waals surface area (Å²) in [5.41, 5.74) is 7.57. The summed E-state index contributed by atoms with van der Waals surface area (Å²) in [6, 6.07) is 12.1. The van der Waals surface area contributed by atoms with E-state index in [0.29, 0.717) is 39.8 Å². The third-order valence-electron chi connectivity index (χ3n) is 5.51. The van der Waals surface area contributed by atoms with Crippen LogP contribution in [0.4, 0.5) is 55.3 Å². The molecule has 2 aromatic carbocycles. The first kappa shape index (κ1) is 39.8. The molecule has 0 fully saturated rings. The lowest BCUT2D eigenvalue weighted by Gasteiger charge is -2.18. The number of nitrogens with two attached hydrogens (primary N) is 1. The van der Waals surface area contributed by atoms with Crippen molar-refractivity contribution in [1.29, 1.82) is 0 Å². The minimum absolute atomic E-state index is 0.188. The Balaban J connectivity index is 0.000000962. The summed E-state index contributed by atoms with van der Waals surface area (Å²) >= 11 is 0. The van der Waals surface area contributed by atoms with Crippen LogP contribution in [0.25, 0.3) is 11.1 Å². The summed E-state index contributed by atoms with van der Waals surface area (Å²) < 4.78 is 72.7. The Kier molecular flexibility index (Phi) is 15.8. The van der Waals surface area contributed by atoms with E-state index in [2.05, 4.69) is 69.8 Å². The molecule has 47 heavy (non-hydrogen) atoms. The van der Waals surface area contributed by atoms with Crippen LogP contribution in [0.1, 0.15) is 32.8 Å². The number of anilines is 5. The monoisotopic (exact) mass is 662 g/mol. The van der Waals surface area contributed by atoms with Gasteiger partial charge < -0.3 is 27.0 Å². The molecule has 0 saturated heterocycles. The molecule has 14 heteroatoms. The predicted molar refractivity (Wildman–Crippen MR) is 182 cm³/mol. The Hall–Kier alpha value is -5.27. The standard InChI is InChI=1S/C26H27F3N8.C4H5F3.C3H8/c1-5-16(2)33-19-7-6-8-20(13-19)34-24-22(17-9-11-18(12-10-17)26(27,28)29)23(32-4)36-25(37-24)35-21(14-30)15-31-3;1-3(2)4(5,6)7;1-3-2/h5-15,33H,1-2,30H2,3-4H3,(H3,32,34,35,36,37);1H2,2H3;3H2,1-2H3/b21-14+,31-15?;;. The highest BCUT2D eigenvalue weighted by Crippen LogP contribution is 2.38. The number of hydrogen-bond donors (Lipinski definition) is 5. The number of hydrogen-bond acceptors (Lipinski definition) is 8. The Bertz CT molecular complexity index is 1540. The molecule has 0 aliphatic rings. The number of aromatic nitrogens is 2. The molecule has 0 aliphatic heterocycles. The summed E-state index contributed by atoms with van der Waals surface area (Å²) in [6.45, 7) is 15.4. The van der Waals surface area contributed by atoms with Crippen LogP contribution in [0.2, 0.25) is 0 Å². The molecule has 0 amide bonds. The van der Waals surface area contributed by atoms with E-state index in [-0.39, 0.29) is 5.95 Å². The maximum absolute atomic E-state index is 13.2. The fourth-order valence-corrected chi connectivity index (χ4v) is 3.32. The highest BCUT2D eigenvalue weighted by molar-refractivity contribution is 5.89. The molecule has 0 saturated carbocycles. The zero-order chi connectivity index (χ0) is 35.8. The highest BCUT2D eigenvalue weighted by Gasteiger charge is 2.30. The van der Waals surface area contributed by atoms with Crippen molar-refractivity contribution in [2.24, 2.45) is 10.7 Å². The van der Waals surface area contributed by atoms with E-state index < -0.39 is 23.5 Å². The number of benzene rings is 2. The number of nitrogens with zero attached hydrogens (tertiary/aromatic N) is 3. The molecule has 0 unspecified atom stereocenters. The van der Waals surface area contributed by atoms with E-state index >= 15 is 0 Å². The topological polar surface area (TPSA) is 112 Å². The smallest absolute Gasteiger partial charge is 0.403 e. The van der Waals surface area contributed by atoms with Crippen molar-refractivity contribution in [2.45, 2.75) is 39.5 Å². The fourth-order valence-electron chi connectivity index (χ4n) is 3.32. The second-order valence-electron chi connectivity index (χ2n) is 9.62. The van der Waals surface area contributed by atoms with E-state index in [9.17, 15) is 26.3 Å². The van der Waals surface area contributed by atoms with Crippen LogP contribution in [0.5, 0.6) is 0 Å². The van der Waals surface area contributed by atoms with Gasteiger partial charge in [-0.3, -0.25) is 4.99 Å². The summed E-state index contributed by atoms with van der Waals surface area (Å²) in [7, 11) is 3.25. The van der Waals surface area contributed by atoms with Crippen molar-refractivity contribution < 1.29 is 26.3 Å². The Morgan fingerprint density at radius 1 is 0.936 bits per heavy atom. The number of alkyl halides is 6. The third kappa shape index (κ3) is 13.3. The van der Waals surface area contributed by atoms with E-state index in [1.54, 1.807) is 20.2 Å². The number of rotatable bonds is 10. The first-order valence-electron chi connectivity index (χ1n) is 14.1. The average molecular weight is 663 g/mol. The number of nitrogens with one attached hydrogen (secondary N) is 4. The second kappa shape index (κ2) is 18.6. The van der Waals surface area contributed by atoms with Crippen LogP contribution >= 0.6 is 0 Å². The van der Waals surface area contributed by atoms with Gasteiger partial charge in [-0.15, -0.1) is 0 Å². The molecular weight excluding hydrogens is 622 g/mol. The van der Waals surface area contributed by atoms with Crippen LogP contribution in [0, 0.1) is 0 Å². The van der Waals surface area contributed by atoms with Gasteiger partial charge in [0, 0.05) is 49.2 Å². The van der Waals surface area contributed by atoms with Crippen molar-refractivity contribution in [3.63, 3.8) is 0 Å². The minimum Gasteiger partial charge on any atom is -0.403 e. The largest absolute Gasteiger partial charge is 0.416 e. The normalized spacial score (nSPS) is 11.3. The van der Waals surface area contributed by atoms with Crippen molar-refractivity contribution in [2.75, 3.05) is 35.4 Å². The lowest BCUT2D eigenvalue weighted by Crippen LogP contribution is -2.11. The van der Waals surface area contributed by atoms with Gasteiger partial charge >= 0.3 is 12.4 Å². The first-order chi connectivity index (χ1) is 22.0. The average Bonchev–Trinajstić information content (AvgIpc) is 3.00. The van der Waals surface area contributed by atoms with Crippen LogP contribution in [-0.4, -0.2) is 36.5 Å². The lowest BCUT2D eigenvalue weighted by atomic mass is 10.0. The van der Waals surface area contributed by atoms with Crippen LogP contribution in [-0.2, 0) is 6.18 Å². The molecule has 0 radical (unpaired) electrons. The van der Waals surface area contributed by atoms with Gasteiger partial charge in [0.25, 0.3) is 0 Å². The summed E-state index contributed by atoms with van der Waals surface area (Å²) in [4.78, 5) is 13.0. The molecule has 254 valence electrons. The second-order valence-corrected chi connectivity index (χ2v) is 9.62. The highest BCUT2D eigenvalue weighted by atomic mass is 19.4. The molecule has 0 atom stereocenters. The molecule has 1 aromatic heterocycles. The third-order valence-corrected chi connectivity index (χ3v) is 5.51. The van der Waals surface area contributed by atoms with Crippen molar-refractivity contribution in [3.8, 4) is 11.1 Å². The van der Waals surface area contributed by atoms with Gasteiger partial charge in [0.15, 0.2) is 0 Å². The van der Waals surface area contributed by atoms with Crippen molar-refractivity contribution in [3.05, 3.63) is 103 Å². The fraction of sp³-hybridized carbons (Fsp3) is 0.242. The maximum atomic E-state index is 13.2. The van der Waals surface area contributed by atoms with Gasteiger partial charge in [0.2, 0.25) is 5.95 Å². The van der Waals surface area contributed by atoms with E-state index in [0.717, 1.165) is 24.7 Å². The number of allylic oxidation sites excluding steroid dienone is 3. The SMILES string of the molecule is C=C(C)C(F)(F)F.C=CC(=C)Nc1cccc(Nc2nc(N/C(C=NC)=C/N)nc(NC)c2-c2ccc(C(F)(F)F)cc2)c1.CCC. The molecule has 1 heterocycles. The van der Waals surface area contributed by atoms with Gasteiger partial charge in [-0.05, 0) is 48.9 Å². The molecule has 0 aliphatic carbocycles. The van der Waals surface area contributed by atoms with E-state index in [4.69, 9.17) is 5.73 Å². The lowest BCUT2D eigenvalue weighted by molar-refractivity contribution is -0.137. The van der Waals surface area contributed by atoms with Gasteiger partial charge in [0.05, 0.1) is 16.8 Å². The van der Waals surface area contributed by atoms with Crippen LogP contribution in [0.3, 0.4) is 0 Å². The minimum atomic E-state index is -4.45. The maximum Gasteiger partial charge on any atom is 0.416 e. The summed E-state index contributed by atoms with van der Waals surface area (Å²) in [5, 5.41) is 12.4.